The van der Waals surface area contributed by atoms with Gasteiger partial charge in [0.25, 0.3) is 0 Å². The van der Waals surface area contributed by atoms with Gasteiger partial charge in [0.2, 0.25) is 0 Å². The van der Waals surface area contributed by atoms with E-state index in [0.717, 1.165) is 18.4 Å². The summed E-state index contributed by atoms with van der Waals surface area (Å²) in [4.78, 5) is 2.64. The molecule has 0 radical (unpaired) electrons. The van der Waals surface area contributed by atoms with E-state index in [9.17, 15) is 0 Å². The van der Waals surface area contributed by atoms with Crippen LogP contribution in [0.15, 0.2) is 59.1 Å². The van der Waals surface area contributed by atoms with Gasteiger partial charge < -0.3 is 0 Å². The Morgan fingerprint density at radius 1 is 1.04 bits per heavy atom. The normalized spacial score (nSPS) is 29.7. The highest BCUT2D eigenvalue weighted by Gasteiger charge is 2.69. The van der Waals surface area contributed by atoms with Crippen LogP contribution < -0.4 is 0 Å². The lowest BCUT2D eigenvalue weighted by atomic mass is 9.80. The van der Waals surface area contributed by atoms with Crippen molar-refractivity contribution in [2.75, 3.05) is 13.1 Å². The lowest BCUT2D eigenvalue weighted by Gasteiger charge is -2.30. The van der Waals surface area contributed by atoms with Crippen LogP contribution in [0.5, 0.6) is 0 Å². The van der Waals surface area contributed by atoms with E-state index in [1.54, 1.807) is 0 Å². The molecule has 23 heavy (non-hydrogen) atoms. The van der Waals surface area contributed by atoms with Crippen molar-refractivity contribution < 1.29 is 0 Å². The monoisotopic (exact) mass is 369 g/mol. The Bertz CT molecular complexity index is 682. The molecule has 0 N–H and O–H groups in total. The van der Waals surface area contributed by atoms with Crippen LogP contribution in [0.4, 0.5) is 0 Å². The third kappa shape index (κ3) is 2.47. The predicted octanol–water partition coefficient (Wildman–Crippen LogP) is 5.10. The summed E-state index contributed by atoms with van der Waals surface area (Å²) in [5.41, 5.74) is 3.37. The maximum Gasteiger partial charge on any atom is 0.0233 e. The minimum absolute atomic E-state index is 0.400. The first-order valence-corrected chi connectivity index (χ1v) is 9.44. The molecule has 2 heteroatoms. The van der Waals surface area contributed by atoms with Gasteiger partial charge in [0, 0.05) is 29.5 Å². The lowest BCUT2D eigenvalue weighted by molar-refractivity contribution is 0.241. The molecule has 1 nitrogen and oxygen atoms in total. The van der Waals surface area contributed by atoms with Crippen LogP contribution in [0.25, 0.3) is 0 Å². The second-order valence-electron chi connectivity index (χ2n) is 7.49. The number of fused-ring (bicyclic) bond motifs is 1. The topological polar surface area (TPSA) is 3.24 Å². The molecule has 120 valence electrons. The number of hydrogen-bond donors (Lipinski definition) is 0. The van der Waals surface area contributed by atoms with Crippen LogP contribution in [0, 0.1) is 17.8 Å². The Labute approximate surface area is 147 Å². The van der Waals surface area contributed by atoms with E-state index in [2.05, 4.69) is 89.3 Å². The van der Waals surface area contributed by atoms with Crippen molar-refractivity contribution in [3.05, 3.63) is 70.2 Å². The van der Waals surface area contributed by atoms with Gasteiger partial charge in [-0.1, -0.05) is 72.2 Å². The predicted molar refractivity (Wildman–Crippen MR) is 99.4 cm³/mol. The molecule has 1 heterocycles. The average Bonchev–Trinajstić information content (AvgIpc) is 2.96. The Kier molecular flexibility index (Phi) is 3.85. The van der Waals surface area contributed by atoms with Crippen LogP contribution >= 0.6 is 15.9 Å². The summed E-state index contributed by atoms with van der Waals surface area (Å²) in [6.45, 7) is 8.39. The Hall–Kier alpha value is -1.12. The number of likely N-dealkylation sites (tertiary alicyclic amines) is 1. The quantitative estimate of drug-likeness (QED) is 0.723. The molecule has 4 rings (SSSR count). The molecule has 0 bridgehead atoms. The molecule has 0 spiro atoms. The van der Waals surface area contributed by atoms with E-state index in [1.165, 1.54) is 28.7 Å². The lowest BCUT2D eigenvalue weighted by Crippen LogP contribution is -2.33. The summed E-state index contributed by atoms with van der Waals surface area (Å²) >= 11 is 3.66. The van der Waals surface area contributed by atoms with Gasteiger partial charge in [-0.05, 0) is 41.0 Å². The van der Waals surface area contributed by atoms with Crippen molar-refractivity contribution in [1.29, 1.82) is 0 Å². The Morgan fingerprint density at radius 3 is 2.35 bits per heavy atom. The second-order valence-corrected chi connectivity index (χ2v) is 8.41. The highest BCUT2D eigenvalue weighted by atomic mass is 79.9. The zero-order valence-electron chi connectivity index (χ0n) is 13.9. The fourth-order valence-corrected chi connectivity index (χ4v) is 5.50. The number of halogens is 1. The van der Waals surface area contributed by atoms with Gasteiger partial charge in [-0.3, -0.25) is 4.90 Å². The van der Waals surface area contributed by atoms with Gasteiger partial charge in [0.05, 0.1) is 0 Å². The molecule has 2 fully saturated rings. The van der Waals surface area contributed by atoms with Gasteiger partial charge >= 0.3 is 0 Å². The van der Waals surface area contributed by atoms with Crippen LogP contribution in [0.1, 0.15) is 25.0 Å². The largest absolute Gasteiger partial charge is 0.298 e. The second kappa shape index (κ2) is 5.75. The third-order valence-corrected chi connectivity index (χ3v) is 6.54. The summed E-state index contributed by atoms with van der Waals surface area (Å²) in [6, 6.07) is 19.9. The highest BCUT2D eigenvalue weighted by Crippen LogP contribution is 2.67. The minimum atomic E-state index is 0.400. The van der Waals surface area contributed by atoms with E-state index in [0.29, 0.717) is 11.3 Å². The van der Waals surface area contributed by atoms with Crippen molar-refractivity contribution in [1.82, 2.24) is 4.90 Å². The molecule has 1 aliphatic heterocycles. The molecule has 0 aromatic heterocycles. The molecule has 0 amide bonds. The molecule has 1 aliphatic carbocycles. The van der Waals surface area contributed by atoms with E-state index < -0.39 is 0 Å². The number of piperidine rings is 1. The molecule has 2 aliphatic rings. The van der Waals surface area contributed by atoms with Gasteiger partial charge in [-0.25, -0.2) is 0 Å². The summed E-state index contributed by atoms with van der Waals surface area (Å²) in [5.74, 6) is 2.34. The fraction of sp³-hybridized carbons (Fsp3) is 0.429. The number of benzene rings is 2. The molecular formula is C21H24BrN. The van der Waals surface area contributed by atoms with Crippen LogP contribution in [-0.2, 0) is 12.0 Å². The summed E-state index contributed by atoms with van der Waals surface area (Å²) < 4.78 is 1.21. The van der Waals surface area contributed by atoms with Gasteiger partial charge in [-0.15, -0.1) is 0 Å². The zero-order valence-corrected chi connectivity index (χ0v) is 15.5. The van der Waals surface area contributed by atoms with E-state index in [1.807, 2.05) is 0 Å². The Balaban J connectivity index is 1.52. The van der Waals surface area contributed by atoms with E-state index in [4.69, 9.17) is 0 Å². The minimum Gasteiger partial charge on any atom is -0.298 e. The molecule has 2 aromatic rings. The summed E-state index contributed by atoms with van der Waals surface area (Å²) in [6.07, 6.45) is 0. The first kappa shape index (κ1) is 15.4. The highest BCUT2D eigenvalue weighted by molar-refractivity contribution is 9.10. The maximum atomic E-state index is 3.66. The molecule has 2 aromatic carbocycles. The number of nitrogens with zero attached hydrogens (tertiary/aromatic N) is 1. The summed E-state index contributed by atoms with van der Waals surface area (Å²) in [5, 5.41) is 0. The van der Waals surface area contributed by atoms with Crippen LogP contribution in [0.3, 0.4) is 0 Å². The van der Waals surface area contributed by atoms with E-state index >= 15 is 0 Å². The zero-order chi connectivity index (χ0) is 16.0. The standard InChI is InChI=1S/C21H24BrN/c1-15(2)21(17-9-6-10-18(22)11-17)19-13-23(14-20(19)21)12-16-7-4-3-5-8-16/h3-11,15,19-20H,12-14H2,1-2H3. The van der Waals surface area contributed by atoms with Crippen molar-refractivity contribution in [3.8, 4) is 0 Å². The number of hydrogen-bond acceptors (Lipinski definition) is 1. The van der Waals surface area contributed by atoms with Crippen molar-refractivity contribution in [3.63, 3.8) is 0 Å². The first-order chi connectivity index (χ1) is 11.1. The molecule has 1 saturated heterocycles. The van der Waals surface area contributed by atoms with Crippen molar-refractivity contribution >= 4 is 15.9 Å². The molecule has 2 unspecified atom stereocenters. The van der Waals surface area contributed by atoms with E-state index in [-0.39, 0.29) is 0 Å². The molecule has 1 saturated carbocycles. The van der Waals surface area contributed by atoms with Crippen LogP contribution in [-0.4, -0.2) is 18.0 Å². The number of rotatable bonds is 4. The third-order valence-electron chi connectivity index (χ3n) is 6.04. The van der Waals surface area contributed by atoms with Crippen LogP contribution in [0.2, 0.25) is 0 Å². The fourth-order valence-electron chi connectivity index (χ4n) is 5.10. The maximum absolute atomic E-state index is 3.66. The average molecular weight is 370 g/mol. The van der Waals surface area contributed by atoms with Gasteiger partial charge in [0.1, 0.15) is 0 Å². The molecule has 2 atom stereocenters. The van der Waals surface area contributed by atoms with Crippen molar-refractivity contribution in [2.45, 2.75) is 25.8 Å². The molecular weight excluding hydrogens is 346 g/mol. The Morgan fingerprint density at radius 2 is 1.74 bits per heavy atom. The SMILES string of the molecule is CC(C)C1(c2cccc(Br)c2)C2CN(Cc3ccccc3)CC21. The van der Waals surface area contributed by atoms with Crippen molar-refractivity contribution in [2.24, 2.45) is 17.8 Å². The van der Waals surface area contributed by atoms with Gasteiger partial charge in [0.15, 0.2) is 0 Å². The van der Waals surface area contributed by atoms with Gasteiger partial charge in [-0.2, -0.15) is 0 Å². The summed E-state index contributed by atoms with van der Waals surface area (Å²) in [7, 11) is 0. The smallest absolute Gasteiger partial charge is 0.0233 e. The first-order valence-electron chi connectivity index (χ1n) is 8.64.